The number of carbonyl (C=O) groups excluding carboxylic acids is 1. The summed E-state index contributed by atoms with van der Waals surface area (Å²) in [5.74, 6) is 0.359. The van der Waals surface area contributed by atoms with Gasteiger partial charge in [0.25, 0.3) is 5.91 Å². The van der Waals surface area contributed by atoms with E-state index in [1.807, 2.05) is 0 Å². The summed E-state index contributed by atoms with van der Waals surface area (Å²) >= 11 is 0. The highest BCUT2D eigenvalue weighted by Crippen LogP contribution is 2.25. The molecule has 1 aromatic heterocycles. The maximum atomic E-state index is 13.0. The Morgan fingerprint density at radius 3 is 2.30 bits per heavy atom. The Kier molecular flexibility index (Phi) is 5.25. The Labute approximate surface area is 159 Å². The van der Waals surface area contributed by atoms with Crippen molar-refractivity contribution < 1.29 is 17.9 Å². The van der Waals surface area contributed by atoms with Gasteiger partial charge in [-0.3, -0.25) is 9.48 Å². The van der Waals surface area contributed by atoms with Crippen molar-refractivity contribution in [3.8, 4) is 5.75 Å². The van der Waals surface area contributed by atoms with Crippen molar-refractivity contribution in [1.82, 2.24) is 19.0 Å². The van der Waals surface area contributed by atoms with Crippen molar-refractivity contribution in [2.45, 2.75) is 18.7 Å². The second-order valence-electron chi connectivity index (χ2n) is 6.52. The monoisotopic (exact) mass is 392 g/mol. The van der Waals surface area contributed by atoms with E-state index in [0.29, 0.717) is 35.8 Å². The van der Waals surface area contributed by atoms with Gasteiger partial charge >= 0.3 is 0 Å². The van der Waals surface area contributed by atoms with Gasteiger partial charge in [0, 0.05) is 33.2 Å². The molecule has 0 unspecified atom stereocenters. The highest BCUT2D eigenvalue weighted by atomic mass is 32.2. The van der Waals surface area contributed by atoms with Gasteiger partial charge in [-0.2, -0.15) is 9.40 Å². The summed E-state index contributed by atoms with van der Waals surface area (Å²) in [4.78, 5) is 14.7. The topological polar surface area (TPSA) is 84.7 Å². The largest absolute Gasteiger partial charge is 0.496 e. The minimum Gasteiger partial charge on any atom is -0.496 e. The summed E-state index contributed by atoms with van der Waals surface area (Å²) < 4.78 is 34.3. The molecule has 0 N–H and O–H groups in total. The van der Waals surface area contributed by atoms with E-state index < -0.39 is 10.0 Å². The van der Waals surface area contributed by atoms with Crippen molar-refractivity contribution in [3.63, 3.8) is 0 Å². The van der Waals surface area contributed by atoms with Crippen LogP contribution in [-0.4, -0.2) is 66.6 Å². The summed E-state index contributed by atoms with van der Waals surface area (Å²) in [5, 5.41) is 4.21. The zero-order chi connectivity index (χ0) is 19.8. The molecular formula is C18H24N4O4S. The van der Waals surface area contributed by atoms with Crippen LogP contribution in [0.3, 0.4) is 0 Å². The highest BCUT2D eigenvalue weighted by molar-refractivity contribution is 7.89. The quantitative estimate of drug-likeness (QED) is 0.780. The van der Waals surface area contributed by atoms with Crippen LogP contribution in [0.1, 0.15) is 21.7 Å². The van der Waals surface area contributed by atoms with Crippen molar-refractivity contribution in [2.75, 3.05) is 33.3 Å². The van der Waals surface area contributed by atoms with E-state index >= 15 is 0 Å². The van der Waals surface area contributed by atoms with Crippen LogP contribution >= 0.6 is 0 Å². The van der Waals surface area contributed by atoms with E-state index in [9.17, 15) is 13.2 Å². The SMILES string of the molecule is COc1ccccc1C(=O)N1CCN(S(=O)(=O)c2c(C)nn(C)c2C)CC1. The molecule has 0 atom stereocenters. The van der Waals surface area contributed by atoms with Gasteiger partial charge in [-0.05, 0) is 26.0 Å². The number of rotatable bonds is 4. The number of aryl methyl sites for hydroxylation is 2. The van der Waals surface area contributed by atoms with Crippen LogP contribution in [0, 0.1) is 13.8 Å². The van der Waals surface area contributed by atoms with Crippen molar-refractivity contribution >= 4 is 15.9 Å². The molecule has 3 rings (SSSR count). The highest BCUT2D eigenvalue weighted by Gasteiger charge is 2.34. The van der Waals surface area contributed by atoms with E-state index in [0.717, 1.165) is 0 Å². The van der Waals surface area contributed by atoms with Gasteiger partial charge in [0.15, 0.2) is 0 Å². The molecule has 1 aliphatic rings. The molecule has 146 valence electrons. The zero-order valence-corrected chi connectivity index (χ0v) is 16.8. The van der Waals surface area contributed by atoms with Gasteiger partial charge in [0.1, 0.15) is 10.6 Å². The molecule has 1 fully saturated rings. The Bertz CT molecular complexity index is 960. The lowest BCUT2D eigenvalue weighted by Crippen LogP contribution is -2.50. The Morgan fingerprint density at radius 2 is 1.74 bits per heavy atom. The molecule has 0 spiro atoms. The molecular weight excluding hydrogens is 368 g/mol. The summed E-state index contributed by atoms with van der Waals surface area (Å²) in [6.45, 7) is 4.59. The molecule has 9 heteroatoms. The lowest BCUT2D eigenvalue weighted by molar-refractivity contribution is 0.0694. The number of benzene rings is 1. The van der Waals surface area contributed by atoms with Crippen LogP contribution in [0.5, 0.6) is 5.75 Å². The fourth-order valence-electron chi connectivity index (χ4n) is 3.38. The summed E-state index contributed by atoms with van der Waals surface area (Å²) in [5.41, 5.74) is 1.58. The molecule has 0 radical (unpaired) electrons. The number of ether oxygens (including phenoxy) is 1. The first-order valence-electron chi connectivity index (χ1n) is 8.70. The normalized spacial score (nSPS) is 15.8. The number of methoxy groups -OCH3 is 1. The number of carbonyl (C=O) groups is 1. The minimum absolute atomic E-state index is 0.154. The number of sulfonamides is 1. The average Bonchev–Trinajstić information content (AvgIpc) is 2.93. The van der Waals surface area contributed by atoms with Crippen molar-refractivity contribution in [3.05, 3.63) is 41.2 Å². The number of piperazine rings is 1. The molecule has 0 bridgehead atoms. The molecule has 1 aromatic carbocycles. The van der Waals surface area contributed by atoms with E-state index in [1.165, 1.54) is 11.4 Å². The van der Waals surface area contributed by atoms with Crippen molar-refractivity contribution in [2.24, 2.45) is 7.05 Å². The third-order valence-corrected chi connectivity index (χ3v) is 7.06. The fourth-order valence-corrected chi connectivity index (χ4v) is 5.20. The standard InChI is InChI=1S/C18H24N4O4S/c1-13-17(14(2)20(3)19-13)27(24,25)22-11-9-21(10-12-22)18(23)15-7-5-6-8-16(15)26-4/h5-8H,9-12H2,1-4H3. The maximum absolute atomic E-state index is 13.0. The molecule has 0 saturated carbocycles. The maximum Gasteiger partial charge on any atom is 0.257 e. The predicted molar refractivity (Wildman–Crippen MR) is 100 cm³/mol. The smallest absolute Gasteiger partial charge is 0.257 e. The molecule has 8 nitrogen and oxygen atoms in total. The first kappa shape index (κ1) is 19.4. The third kappa shape index (κ3) is 3.44. The zero-order valence-electron chi connectivity index (χ0n) is 16.0. The van der Waals surface area contributed by atoms with Gasteiger partial charge in [-0.15, -0.1) is 0 Å². The number of nitrogens with zero attached hydrogens (tertiary/aromatic N) is 4. The van der Waals surface area contributed by atoms with Gasteiger partial charge in [-0.25, -0.2) is 8.42 Å². The summed E-state index contributed by atoms with van der Waals surface area (Å²) in [7, 11) is -0.391. The first-order chi connectivity index (χ1) is 12.8. The number of hydrogen-bond acceptors (Lipinski definition) is 5. The average molecular weight is 392 g/mol. The molecule has 27 heavy (non-hydrogen) atoms. The predicted octanol–water partition coefficient (Wildman–Crippen LogP) is 1.19. The summed E-state index contributed by atoms with van der Waals surface area (Å²) in [6.07, 6.45) is 0. The number of aromatic nitrogens is 2. The molecule has 1 amide bonds. The van der Waals surface area contributed by atoms with Crippen LogP contribution in [0.15, 0.2) is 29.2 Å². The van der Waals surface area contributed by atoms with Crippen LogP contribution in [-0.2, 0) is 17.1 Å². The van der Waals surface area contributed by atoms with Crippen LogP contribution in [0.25, 0.3) is 0 Å². The number of para-hydroxylation sites is 1. The molecule has 2 heterocycles. The number of hydrogen-bond donors (Lipinski definition) is 0. The molecule has 1 saturated heterocycles. The van der Waals surface area contributed by atoms with Crippen LogP contribution in [0.2, 0.25) is 0 Å². The van der Waals surface area contributed by atoms with E-state index in [-0.39, 0.29) is 23.9 Å². The Morgan fingerprint density at radius 1 is 1.11 bits per heavy atom. The van der Waals surface area contributed by atoms with Gasteiger partial charge in [-0.1, -0.05) is 12.1 Å². The molecule has 1 aliphatic heterocycles. The first-order valence-corrected chi connectivity index (χ1v) is 10.1. The fraction of sp³-hybridized carbons (Fsp3) is 0.444. The van der Waals surface area contributed by atoms with E-state index in [4.69, 9.17) is 4.74 Å². The Balaban J connectivity index is 1.76. The van der Waals surface area contributed by atoms with Gasteiger partial charge in [0.2, 0.25) is 10.0 Å². The second kappa shape index (κ2) is 7.32. The van der Waals surface area contributed by atoms with Gasteiger partial charge < -0.3 is 9.64 Å². The second-order valence-corrected chi connectivity index (χ2v) is 8.39. The third-order valence-electron chi connectivity index (χ3n) is 4.90. The lowest BCUT2D eigenvalue weighted by Gasteiger charge is -2.34. The number of amides is 1. The van der Waals surface area contributed by atoms with Crippen molar-refractivity contribution in [1.29, 1.82) is 0 Å². The Hall–Kier alpha value is -2.39. The van der Waals surface area contributed by atoms with E-state index in [1.54, 1.807) is 54.7 Å². The van der Waals surface area contributed by atoms with E-state index in [2.05, 4.69) is 5.10 Å². The van der Waals surface area contributed by atoms with Crippen LogP contribution < -0.4 is 4.74 Å². The molecule has 2 aromatic rings. The van der Waals surface area contributed by atoms with Gasteiger partial charge in [0.05, 0.1) is 24.1 Å². The minimum atomic E-state index is -3.64. The molecule has 0 aliphatic carbocycles. The summed E-state index contributed by atoms with van der Waals surface area (Å²) in [6, 6.07) is 7.04. The van der Waals surface area contributed by atoms with Crippen LogP contribution in [0.4, 0.5) is 0 Å². The lowest BCUT2D eigenvalue weighted by atomic mass is 10.1.